The van der Waals surface area contributed by atoms with Crippen molar-refractivity contribution in [3.8, 4) is 0 Å². The zero-order chi connectivity index (χ0) is 18.0. The Hall–Kier alpha value is -1.27. The average molecular weight is 326 g/mol. The molecule has 0 bridgehead atoms. The second-order valence-corrected chi connectivity index (χ2v) is 7.18. The Morgan fingerprint density at radius 1 is 0.909 bits per heavy atom. The quantitative estimate of drug-likeness (QED) is 0.720. The van der Waals surface area contributed by atoms with Crippen molar-refractivity contribution >= 4 is 11.9 Å². The minimum atomic E-state index is -4.86. The second kappa shape index (κ2) is 6.46. The Labute approximate surface area is 129 Å². The van der Waals surface area contributed by atoms with Crippen LogP contribution in [-0.4, -0.2) is 30.3 Å². The Morgan fingerprint density at radius 2 is 1.36 bits per heavy atom. The fraction of sp³-hybridized carbons (Fsp3) is 0.867. The second-order valence-electron chi connectivity index (χ2n) is 7.18. The molecule has 22 heavy (non-hydrogen) atoms. The van der Waals surface area contributed by atoms with Gasteiger partial charge in [-0.25, -0.2) is 0 Å². The van der Waals surface area contributed by atoms with Gasteiger partial charge < -0.3 is 9.47 Å². The van der Waals surface area contributed by atoms with E-state index in [1.54, 1.807) is 20.8 Å². The van der Waals surface area contributed by atoms with Crippen molar-refractivity contribution in [1.29, 1.82) is 0 Å². The molecule has 0 aromatic carbocycles. The van der Waals surface area contributed by atoms with E-state index in [-0.39, 0.29) is 0 Å². The van der Waals surface area contributed by atoms with Gasteiger partial charge in [-0.2, -0.15) is 13.2 Å². The summed E-state index contributed by atoms with van der Waals surface area (Å²) in [5.74, 6) is -1.78. The third-order valence-electron chi connectivity index (χ3n) is 3.45. The molecule has 0 rings (SSSR count). The van der Waals surface area contributed by atoms with Gasteiger partial charge in [0.15, 0.2) is 0 Å². The average Bonchev–Trinajstić information content (AvgIpc) is 2.33. The van der Waals surface area contributed by atoms with Crippen LogP contribution in [0.4, 0.5) is 13.2 Å². The highest BCUT2D eigenvalue weighted by molar-refractivity contribution is 5.77. The molecule has 130 valence electrons. The third-order valence-corrected chi connectivity index (χ3v) is 3.45. The van der Waals surface area contributed by atoms with Crippen LogP contribution in [0.3, 0.4) is 0 Å². The Kier molecular flexibility index (Phi) is 6.09. The Morgan fingerprint density at radius 3 is 1.68 bits per heavy atom. The summed E-state index contributed by atoms with van der Waals surface area (Å²) in [6, 6.07) is 0. The summed E-state index contributed by atoms with van der Waals surface area (Å²) in [6.07, 6.45) is -4.44. The van der Waals surface area contributed by atoms with Gasteiger partial charge in [0.05, 0.1) is 10.8 Å². The molecule has 0 saturated heterocycles. The van der Waals surface area contributed by atoms with Crippen LogP contribution in [0.25, 0.3) is 0 Å². The molecule has 0 fully saturated rings. The largest absolute Gasteiger partial charge is 0.461 e. The lowest BCUT2D eigenvalue weighted by molar-refractivity contribution is -0.278. The summed E-state index contributed by atoms with van der Waals surface area (Å²) in [5.41, 5.74) is -4.88. The van der Waals surface area contributed by atoms with E-state index in [0.717, 1.165) is 0 Å². The van der Waals surface area contributed by atoms with Crippen LogP contribution in [-0.2, 0) is 19.1 Å². The minimum Gasteiger partial charge on any atom is -0.461 e. The number of esters is 2. The smallest absolute Gasteiger partial charge is 0.431 e. The van der Waals surface area contributed by atoms with Gasteiger partial charge in [0.25, 0.3) is 0 Å². The van der Waals surface area contributed by atoms with E-state index < -0.39 is 41.2 Å². The molecule has 0 aliphatic rings. The van der Waals surface area contributed by atoms with Gasteiger partial charge in [0.2, 0.25) is 5.60 Å². The molecular formula is C15H25F3O4. The number of carbonyl (C=O) groups is 2. The molecule has 0 saturated carbocycles. The molecule has 0 amide bonds. The van der Waals surface area contributed by atoms with Crippen LogP contribution in [0.1, 0.15) is 54.9 Å². The summed E-state index contributed by atoms with van der Waals surface area (Å²) >= 11 is 0. The monoisotopic (exact) mass is 326 g/mol. The molecule has 0 aromatic heterocycles. The Bertz CT molecular complexity index is 421. The van der Waals surface area contributed by atoms with Crippen LogP contribution >= 0.6 is 0 Å². The molecular weight excluding hydrogens is 301 g/mol. The predicted octanol–water partition coefficient (Wildman–Crippen LogP) is 3.88. The van der Waals surface area contributed by atoms with Crippen molar-refractivity contribution in [3.05, 3.63) is 0 Å². The van der Waals surface area contributed by atoms with E-state index >= 15 is 0 Å². The van der Waals surface area contributed by atoms with E-state index in [4.69, 9.17) is 4.74 Å². The SMILES string of the molecule is CCC(C)(C)C(=O)OCC(C)(OC(=O)C(C)(C)C)C(F)(F)F. The number of hydrogen-bond acceptors (Lipinski definition) is 4. The lowest BCUT2D eigenvalue weighted by Crippen LogP contribution is -2.52. The molecule has 0 aliphatic heterocycles. The van der Waals surface area contributed by atoms with Crippen molar-refractivity contribution in [2.24, 2.45) is 10.8 Å². The van der Waals surface area contributed by atoms with Crippen LogP contribution < -0.4 is 0 Å². The fourth-order valence-electron chi connectivity index (χ4n) is 1.07. The van der Waals surface area contributed by atoms with Crippen LogP contribution in [0.5, 0.6) is 0 Å². The summed E-state index contributed by atoms with van der Waals surface area (Å²) < 4.78 is 49.0. The van der Waals surface area contributed by atoms with E-state index in [9.17, 15) is 22.8 Å². The number of rotatable bonds is 5. The normalized spacial score (nSPS) is 15.9. The van der Waals surface area contributed by atoms with Gasteiger partial charge in [-0.05, 0) is 48.0 Å². The maximum atomic E-state index is 13.2. The highest BCUT2D eigenvalue weighted by Gasteiger charge is 2.56. The van der Waals surface area contributed by atoms with Crippen molar-refractivity contribution in [2.75, 3.05) is 6.61 Å². The summed E-state index contributed by atoms with van der Waals surface area (Å²) in [7, 11) is 0. The summed E-state index contributed by atoms with van der Waals surface area (Å²) in [4.78, 5) is 23.6. The standard InChI is InChI=1S/C15H25F3O4/c1-8-13(5,6)11(20)21-9-14(7,15(16,17)18)22-10(19)12(2,3)4/h8-9H2,1-7H3. The number of alkyl halides is 3. The van der Waals surface area contributed by atoms with Crippen LogP contribution in [0.2, 0.25) is 0 Å². The zero-order valence-corrected chi connectivity index (χ0v) is 14.2. The Balaban J connectivity index is 5.17. The molecule has 0 spiro atoms. The van der Waals surface area contributed by atoms with E-state index in [2.05, 4.69) is 4.74 Å². The first-order valence-corrected chi connectivity index (χ1v) is 7.04. The number of ether oxygens (including phenoxy) is 2. The topological polar surface area (TPSA) is 52.6 Å². The lowest BCUT2D eigenvalue weighted by atomic mass is 9.90. The van der Waals surface area contributed by atoms with E-state index in [1.165, 1.54) is 20.8 Å². The first kappa shape index (κ1) is 20.7. The zero-order valence-electron chi connectivity index (χ0n) is 14.2. The highest BCUT2D eigenvalue weighted by Crippen LogP contribution is 2.36. The van der Waals surface area contributed by atoms with Crippen LogP contribution in [0.15, 0.2) is 0 Å². The fourth-order valence-corrected chi connectivity index (χ4v) is 1.07. The predicted molar refractivity (Wildman–Crippen MR) is 75.0 cm³/mol. The third kappa shape index (κ3) is 5.18. The molecule has 0 radical (unpaired) electrons. The highest BCUT2D eigenvalue weighted by atomic mass is 19.4. The maximum Gasteiger partial charge on any atom is 0.431 e. The number of hydrogen-bond donors (Lipinski definition) is 0. The van der Waals surface area contributed by atoms with Crippen molar-refractivity contribution in [1.82, 2.24) is 0 Å². The minimum absolute atomic E-state index is 0.413. The van der Waals surface area contributed by atoms with Gasteiger partial charge in [0.1, 0.15) is 6.61 Å². The van der Waals surface area contributed by atoms with Gasteiger partial charge in [-0.15, -0.1) is 0 Å². The van der Waals surface area contributed by atoms with E-state index in [0.29, 0.717) is 13.3 Å². The van der Waals surface area contributed by atoms with Crippen molar-refractivity contribution in [2.45, 2.75) is 66.7 Å². The van der Waals surface area contributed by atoms with Gasteiger partial charge in [-0.3, -0.25) is 9.59 Å². The van der Waals surface area contributed by atoms with Gasteiger partial charge in [0, 0.05) is 0 Å². The lowest BCUT2D eigenvalue weighted by Gasteiger charge is -2.34. The molecule has 0 heterocycles. The van der Waals surface area contributed by atoms with Gasteiger partial charge >= 0.3 is 18.1 Å². The molecule has 1 atom stereocenters. The number of carbonyl (C=O) groups excluding carboxylic acids is 2. The molecule has 1 unspecified atom stereocenters. The number of halogens is 3. The molecule has 4 nitrogen and oxygen atoms in total. The molecule has 0 N–H and O–H groups in total. The molecule has 0 aromatic rings. The van der Waals surface area contributed by atoms with Crippen molar-refractivity contribution < 1.29 is 32.2 Å². The summed E-state index contributed by atoms with van der Waals surface area (Å²) in [6.45, 7) is 8.82. The van der Waals surface area contributed by atoms with Gasteiger partial charge in [-0.1, -0.05) is 6.92 Å². The first-order chi connectivity index (χ1) is 9.57. The molecule has 7 heteroatoms. The molecule has 0 aliphatic carbocycles. The van der Waals surface area contributed by atoms with Crippen molar-refractivity contribution in [3.63, 3.8) is 0 Å². The first-order valence-electron chi connectivity index (χ1n) is 7.04. The van der Waals surface area contributed by atoms with Crippen LogP contribution in [0, 0.1) is 10.8 Å². The summed E-state index contributed by atoms with van der Waals surface area (Å²) in [5, 5.41) is 0. The maximum absolute atomic E-state index is 13.2. The van der Waals surface area contributed by atoms with E-state index in [1.807, 2.05) is 0 Å².